The predicted molar refractivity (Wildman–Crippen MR) is 85.5 cm³/mol. The number of carbonyl (C=O) groups excluding carboxylic acids is 1. The predicted octanol–water partition coefficient (Wildman–Crippen LogP) is 3.24. The minimum Gasteiger partial charge on any atom is -0.484 e. The monoisotopic (exact) mass is 357 g/mol. The number of hydrogen-bond donors (Lipinski definition) is 0. The van der Waals surface area contributed by atoms with Crippen molar-refractivity contribution in [3.8, 4) is 5.75 Å². The normalized spacial score (nSPS) is 15.4. The Balaban J connectivity index is 2.42. The maximum atomic E-state index is 12.0. The van der Waals surface area contributed by atoms with E-state index in [2.05, 4.69) is 15.9 Å². The molecule has 4 nitrogen and oxygen atoms in total. The lowest BCUT2D eigenvalue weighted by Gasteiger charge is -2.35. The summed E-state index contributed by atoms with van der Waals surface area (Å²) >= 11 is 8.83. The molecular formula is C14H16BrNO3S. The molecule has 0 amide bonds. The highest BCUT2D eigenvalue weighted by Crippen LogP contribution is 2.38. The molecule has 1 aliphatic rings. The van der Waals surface area contributed by atoms with Crippen molar-refractivity contribution < 1.29 is 14.3 Å². The SMILES string of the molecule is CCOC(=O)C(C)N1C(=S)COc2cc(C)c(Br)cc21. The molecule has 0 aromatic heterocycles. The highest BCUT2D eigenvalue weighted by molar-refractivity contribution is 9.10. The van der Waals surface area contributed by atoms with Crippen LogP contribution in [0, 0.1) is 6.92 Å². The molecule has 0 bridgehead atoms. The first-order chi connectivity index (χ1) is 9.45. The fraction of sp³-hybridized carbons (Fsp3) is 0.429. The summed E-state index contributed by atoms with van der Waals surface area (Å²) < 4.78 is 11.7. The Kier molecular flexibility index (Phi) is 4.65. The van der Waals surface area contributed by atoms with Gasteiger partial charge >= 0.3 is 5.97 Å². The fourth-order valence-corrected chi connectivity index (χ4v) is 2.73. The number of benzene rings is 1. The summed E-state index contributed by atoms with van der Waals surface area (Å²) in [6, 6.07) is 3.39. The van der Waals surface area contributed by atoms with E-state index in [1.165, 1.54) is 0 Å². The van der Waals surface area contributed by atoms with E-state index in [1.807, 2.05) is 19.1 Å². The van der Waals surface area contributed by atoms with Gasteiger partial charge in [-0.2, -0.15) is 0 Å². The van der Waals surface area contributed by atoms with Crippen LogP contribution in [-0.4, -0.2) is 30.2 Å². The summed E-state index contributed by atoms with van der Waals surface area (Å²) in [6.45, 7) is 6.21. The van der Waals surface area contributed by atoms with E-state index in [0.29, 0.717) is 18.2 Å². The van der Waals surface area contributed by atoms with E-state index >= 15 is 0 Å². The van der Waals surface area contributed by atoms with Crippen LogP contribution in [0.1, 0.15) is 19.4 Å². The van der Waals surface area contributed by atoms with Crippen molar-refractivity contribution in [3.05, 3.63) is 22.2 Å². The van der Waals surface area contributed by atoms with Gasteiger partial charge < -0.3 is 14.4 Å². The third kappa shape index (κ3) is 2.81. The molecule has 1 aromatic rings. The van der Waals surface area contributed by atoms with Gasteiger partial charge in [-0.15, -0.1) is 0 Å². The van der Waals surface area contributed by atoms with Crippen molar-refractivity contribution in [2.75, 3.05) is 18.1 Å². The highest BCUT2D eigenvalue weighted by atomic mass is 79.9. The topological polar surface area (TPSA) is 38.8 Å². The maximum Gasteiger partial charge on any atom is 0.328 e. The molecular weight excluding hydrogens is 342 g/mol. The van der Waals surface area contributed by atoms with E-state index < -0.39 is 6.04 Å². The van der Waals surface area contributed by atoms with Crippen molar-refractivity contribution in [1.29, 1.82) is 0 Å². The fourth-order valence-electron chi connectivity index (χ4n) is 2.08. The van der Waals surface area contributed by atoms with Crippen LogP contribution in [0.15, 0.2) is 16.6 Å². The smallest absolute Gasteiger partial charge is 0.328 e. The van der Waals surface area contributed by atoms with E-state index in [-0.39, 0.29) is 5.97 Å². The van der Waals surface area contributed by atoms with Crippen LogP contribution in [0.4, 0.5) is 5.69 Å². The zero-order chi connectivity index (χ0) is 14.9. The number of carbonyl (C=O) groups is 1. The van der Waals surface area contributed by atoms with Gasteiger partial charge in [0.1, 0.15) is 23.4 Å². The van der Waals surface area contributed by atoms with Gasteiger partial charge in [-0.1, -0.05) is 28.1 Å². The molecule has 0 spiro atoms. The van der Waals surface area contributed by atoms with Crippen LogP contribution < -0.4 is 9.64 Å². The van der Waals surface area contributed by atoms with Crippen molar-refractivity contribution >= 4 is 44.8 Å². The summed E-state index contributed by atoms with van der Waals surface area (Å²) in [5.74, 6) is 0.440. The summed E-state index contributed by atoms with van der Waals surface area (Å²) in [5.41, 5.74) is 1.86. The Hall–Kier alpha value is -1.14. The number of thiocarbonyl (C=S) groups is 1. The van der Waals surface area contributed by atoms with E-state index in [0.717, 1.165) is 21.5 Å². The minimum absolute atomic E-state index is 0.292. The molecule has 0 radical (unpaired) electrons. The Morgan fingerprint density at radius 1 is 1.60 bits per heavy atom. The highest BCUT2D eigenvalue weighted by Gasteiger charge is 2.32. The summed E-state index contributed by atoms with van der Waals surface area (Å²) in [5, 5.41) is 0. The third-order valence-corrected chi connectivity index (χ3v) is 4.30. The molecule has 1 aromatic carbocycles. The maximum absolute atomic E-state index is 12.0. The molecule has 0 N–H and O–H groups in total. The van der Waals surface area contributed by atoms with Gasteiger partial charge in [0.25, 0.3) is 0 Å². The molecule has 1 heterocycles. The van der Waals surface area contributed by atoms with Gasteiger partial charge in [0, 0.05) is 4.47 Å². The Labute approximate surface area is 132 Å². The molecule has 1 atom stereocenters. The van der Waals surface area contributed by atoms with Crippen LogP contribution in [0.3, 0.4) is 0 Å². The van der Waals surface area contributed by atoms with E-state index in [4.69, 9.17) is 21.7 Å². The second-order valence-corrected chi connectivity index (χ2v) is 5.88. The zero-order valence-corrected chi connectivity index (χ0v) is 14.0. The minimum atomic E-state index is -0.472. The molecule has 108 valence electrons. The zero-order valence-electron chi connectivity index (χ0n) is 11.6. The lowest BCUT2D eigenvalue weighted by Crippen LogP contribution is -2.47. The van der Waals surface area contributed by atoms with Crippen molar-refractivity contribution in [3.63, 3.8) is 0 Å². The first-order valence-electron chi connectivity index (χ1n) is 6.37. The number of ether oxygens (including phenoxy) is 2. The van der Waals surface area contributed by atoms with Gasteiger partial charge in [-0.3, -0.25) is 0 Å². The molecule has 1 unspecified atom stereocenters. The number of fused-ring (bicyclic) bond motifs is 1. The van der Waals surface area contributed by atoms with Crippen LogP contribution in [0.2, 0.25) is 0 Å². The van der Waals surface area contributed by atoms with Crippen LogP contribution in [0.5, 0.6) is 5.75 Å². The lowest BCUT2D eigenvalue weighted by atomic mass is 10.1. The Morgan fingerprint density at radius 3 is 2.95 bits per heavy atom. The molecule has 1 aliphatic heterocycles. The summed E-state index contributed by atoms with van der Waals surface area (Å²) in [6.07, 6.45) is 0. The number of rotatable bonds is 3. The molecule has 20 heavy (non-hydrogen) atoms. The van der Waals surface area contributed by atoms with Gasteiger partial charge in [-0.05, 0) is 38.5 Å². The average molecular weight is 358 g/mol. The van der Waals surface area contributed by atoms with E-state index in [9.17, 15) is 4.79 Å². The van der Waals surface area contributed by atoms with Gasteiger partial charge in [-0.25, -0.2) is 4.79 Å². The Bertz CT molecular complexity index is 562. The number of esters is 1. The molecule has 6 heteroatoms. The van der Waals surface area contributed by atoms with Gasteiger partial charge in [0.05, 0.1) is 12.3 Å². The van der Waals surface area contributed by atoms with E-state index in [1.54, 1.807) is 18.7 Å². The lowest BCUT2D eigenvalue weighted by molar-refractivity contribution is -0.144. The molecule has 0 saturated carbocycles. The van der Waals surface area contributed by atoms with Gasteiger partial charge in [0.15, 0.2) is 0 Å². The largest absolute Gasteiger partial charge is 0.484 e. The number of hydrogen-bond acceptors (Lipinski definition) is 4. The summed E-state index contributed by atoms with van der Waals surface area (Å²) in [4.78, 5) is 14.4. The quantitative estimate of drug-likeness (QED) is 0.613. The van der Waals surface area contributed by atoms with Crippen molar-refractivity contribution in [2.45, 2.75) is 26.8 Å². The molecule has 0 saturated heterocycles. The third-order valence-electron chi connectivity index (χ3n) is 3.13. The van der Waals surface area contributed by atoms with Crippen LogP contribution in [0.25, 0.3) is 0 Å². The molecule has 0 aliphatic carbocycles. The summed E-state index contributed by atoms with van der Waals surface area (Å²) in [7, 11) is 0. The average Bonchev–Trinajstić information content (AvgIpc) is 2.40. The number of nitrogens with zero attached hydrogens (tertiary/aromatic N) is 1. The first kappa shape index (κ1) is 15.3. The number of halogens is 1. The van der Waals surface area contributed by atoms with Crippen molar-refractivity contribution in [2.24, 2.45) is 0 Å². The van der Waals surface area contributed by atoms with Crippen LogP contribution in [-0.2, 0) is 9.53 Å². The Morgan fingerprint density at radius 2 is 2.30 bits per heavy atom. The molecule has 0 fully saturated rings. The van der Waals surface area contributed by atoms with Gasteiger partial charge in [0.2, 0.25) is 0 Å². The van der Waals surface area contributed by atoms with Crippen molar-refractivity contribution in [1.82, 2.24) is 0 Å². The van der Waals surface area contributed by atoms with Crippen LogP contribution >= 0.6 is 28.1 Å². The second kappa shape index (κ2) is 6.10. The number of aryl methyl sites for hydroxylation is 1. The second-order valence-electron chi connectivity index (χ2n) is 4.55. The number of anilines is 1. The first-order valence-corrected chi connectivity index (χ1v) is 7.57. The molecule has 2 rings (SSSR count). The standard InChI is InChI=1S/C14H16BrNO3S/c1-4-18-14(17)9(3)16-11-6-10(15)8(2)5-12(11)19-7-13(16)20/h5-6,9H,4,7H2,1-3H3.